The van der Waals surface area contributed by atoms with Gasteiger partial charge in [-0.15, -0.1) is 0 Å². The second-order valence-corrected chi connectivity index (χ2v) is 12.3. The number of benzene rings is 1. The van der Waals surface area contributed by atoms with E-state index in [0.29, 0.717) is 5.92 Å². The van der Waals surface area contributed by atoms with Crippen LogP contribution in [0.25, 0.3) is 0 Å². The molecule has 1 rings (SSSR count). The average molecular weight is 329 g/mol. The molecule has 0 aliphatic heterocycles. The normalized spacial score (nSPS) is 14.6. The van der Waals surface area contributed by atoms with Crippen molar-refractivity contribution in [2.45, 2.75) is 51.7 Å². The first kappa shape index (κ1) is 15.9. The zero-order valence-electron chi connectivity index (χ0n) is 12.4. The van der Waals surface area contributed by atoms with Crippen molar-refractivity contribution in [3.8, 4) is 0 Å². The van der Waals surface area contributed by atoms with E-state index in [9.17, 15) is 0 Å². The van der Waals surface area contributed by atoms with E-state index >= 15 is 0 Å². The highest BCUT2D eigenvalue weighted by atomic mass is 79.9. The number of rotatable bonds is 4. The van der Waals surface area contributed by atoms with Crippen LogP contribution in [0.15, 0.2) is 28.7 Å². The fourth-order valence-electron chi connectivity index (χ4n) is 1.46. The molecule has 0 saturated heterocycles. The summed E-state index contributed by atoms with van der Waals surface area (Å²) < 4.78 is 7.41. The van der Waals surface area contributed by atoms with Gasteiger partial charge < -0.3 is 4.43 Å². The fraction of sp³-hybridized carbons (Fsp3) is 0.600. The maximum atomic E-state index is 6.27. The molecule has 0 N–H and O–H groups in total. The molecule has 0 aliphatic rings. The van der Waals surface area contributed by atoms with Gasteiger partial charge in [-0.05, 0) is 35.8 Å². The van der Waals surface area contributed by atoms with Gasteiger partial charge in [0, 0.05) is 17.0 Å². The van der Waals surface area contributed by atoms with E-state index in [-0.39, 0.29) is 5.04 Å². The molecule has 0 fully saturated rings. The Morgan fingerprint density at radius 1 is 1.28 bits per heavy atom. The van der Waals surface area contributed by atoms with Crippen LogP contribution in [0.4, 0.5) is 0 Å². The maximum Gasteiger partial charge on any atom is 0.192 e. The summed E-state index contributed by atoms with van der Waals surface area (Å²) in [5, 5.41) is 0.282. The lowest BCUT2D eigenvalue weighted by Crippen LogP contribution is -2.41. The first-order valence-corrected chi connectivity index (χ1v) is 10.2. The molecule has 0 heterocycles. The zero-order valence-corrected chi connectivity index (χ0v) is 15.0. The number of hydrogen-bond acceptors (Lipinski definition) is 1. The highest BCUT2D eigenvalue weighted by Gasteiger charge is 2.37. The molecule has 1 atom stereocenters. The molecule has 18 heavy (non-hydrogen) atoms. The van der Waals surface area contributed by atoms with Crippen molar-refractivity contribution in [3.63, 3.8) is 0 Å². The van der Waals surface area contributed by atoms with E-state index in [1.165, 1.54) is 5.56 Å². The van der Waals surface area contributed by atoms with Gasteiger partial charge in [0.25, 0.3) is 0 Å². The highest BCUT2D eigenvalue weighted by molar-refractivity contribution is 9.10. The van der Waals surface area contributed by atoms with Crippen molar-refractivity contribution >= 4 is 24.2 Å². The van der Waals surface area contributed by atoms with E-state index in [2.05, 4.69) is 81.0 Å². The highest BCUT2D eigenvalue weighted by Crippen LogP contribution is 2.37. The molecular weight excluding hydrogens is 304 g/mol. The van der Waals surface area contributed by atoms with Crippen LogP contribution in [0.3, 0.4) is 0 Å². The minimum atomic E-state index is -1.63. The summed E-state index contributed by atoms with van der Waals surface area (Å²) in [4.78, 5) is 0. The molecule has 0 aromatic heterocycles. The Hall–Kier alpha value is -0.123. The lowest BCUT2D eigenvalue weighted by Gasteiger charge is -2.37. The second-order valence-electron chi connectivity index (χ2n) is 6.53. The molecule has 1 aromatic rings. The summed E-state index contributed by atoms with van der Waals surface area (Å²) in [5.74, 6) is 0.441. The standard InChI is InChI=1S/C15H25BrOSi/c1-12(13-8-7-9-14(16)10-13)11-17-18(5,6)15(2,3)4/h7-10,12H,11H2,1-6H3/t12-/m1/s1. The molecule has 0 aliphatic carbocycles. The summed E-state index contributed by atoms with van der Waals surface area (Å²) in [6.45, 7) is 14.5. The van der Waals surface area contributed by atoms with Crippen LogP contribution in [0.5, 0.6) is 0 Å². The first-order chi connectivity index (χ1) is 8.13. The zero-order chi connectivity index (χ0) is 14.0. The molecule has 0 saturated carbocycles. The molecule has 3 heteroatoms. The Kier molecular flexibility index (Phi) is 5.21. The summed E-state index contributed by atoms with van der Waals surface area (Å²) in [6, 6.07) is 8.50. The Morgan fingerprint density at radius 3 is 2.39 bits per heavy atom. The first-order valence-electron chi connectivity index (χ1n) is 6.53. The molecular formula is C15H25BrOSi. The monoisotopic (exact) mass is 328 g/mol. The van der Waals surface area contributed by atoms with Gasteiger partial charge in [-0.25, -0.2) is 0 Å². The van der Waals surface area contributed by atoms with Crippen LogP contribution in [-0.2, 0) is 4.43 Å². The molecule has 0 unspecified atom stereocenters. The SMILES string of the molecule is C[C@H](CO[Si](C)(C)C(C)(C)C)c1cccc(Br)c1. The van der Waals surface area contributed by atoms with Crippen molar-refractivity contribution in [2.75, 3.05) is 6.61 Å². The molecule has 0 bridgehead atoms. The largest absolute Gasteiger partial charge is 0.416 e. The second kappa shape index (κ2) is 5.89. The third-order valence-electron chi connectivity index (χ3n) is 3.92. The summed E-state index contributed by atoms with van der Waals surface area (Å²) in [6.07, 6.45) is 0. The van der Waals surface area contributed by atoms with Crippen molar-refractivity contribution in [2.24, 2.45) is 0 Å². The van der Waals surface area contributed by atoms with E-state index in [1.807, 2.05) is 0 Å². The van der Waals surface area contributed by atoms with Gasteiger partial charge in [-0.2, -0.15) is 0 Å². The van der Waals surface area contributed by atoms with Crippen molar-refractivity contribution in [1.82, 2.24) is 0 Å². The van der Waals surface area contributed by atoms with Gasteiger partial charge in [-0.1, -0.05) is 55.8 Å². The molecule has 102 valence electrons. The Balaban J connectivity index is 2.64. The quantitative estimate of drug-likeness (QED) is 0.656. The van der Waals surface area contributed by atoms with E-state index in [4.69, 9.17) is 4.43 Å². The van der Waals surface area contributed by atoms with Crippen LogP contribution >= 0.6 is 15.9 Å². The molecule has 1 nitrogen and oxygen atoms in total. The number of halogens is 1. The van der Waals surface area contributed by atoms with Gasteiger partial charge >= 0.3 is 0 Å². The van der Waals surface area contributed by atoms with Crippen molar-refractivity contribution in [1.29, 1.82) is 0 Å². The molecule has 1 aromatic carbocycles. The Morgan fingerprint density at radius 2 is 1.89 bits per heavy atom. The Labute approximate surface area is 121 Å². The van der Waals surface area contributed by atoms with Crippen molar-refractivity contribution in [3.05, 3.63) is 34.3 Å². The number of hydrogen-bond donors (Lipinski definition) is 0. The van der Waals surface area contributed by atoms with Gasteiger partial charge in [0.05, 0.1) is 0 Å². The Bertz CT molecular complexity index is 396. The fourth-order valence-corrected chi connectivity index (χ4v) is 2.98. The lowest BCUT2D eigenvalue weighted by atomic mass is 10.0. The van der Waals surface area contributed by atoms with Crippen LogP contribution < -0.4 is 0 Å². The molecule has 0 spiro atoms. The summed E-state index contributed by atoms with van der Waals surface area (Å²) >= 11 is 3.52. The molecule has 0 amide bonds. The predicted octanol–water partition coefficient (Wildman–Crippen LogP) is 5.57. The third kappa shape index (κ3) is 4.21. The van der Waals surface area contributed by atoms with Gasteiger partial charge in [-0.3, -0.25) is 0 Å². The minimum absolute atomic E-state index is 0.282. The third-order valence-corrected chi connectivity index (χ3v) is 8.91. The average Bonchev–Trinajstić information content (AvgIpc) is 2.24. The van der Waals surface area contributed by atoms with Crippen molar-refractivity contribution < 1.29 is 4.43 Å². The minimum Gasteiger partial charge on any atom is -0.416 e. The van der Waals surface area contributed by atoms with Gasteiger partial charge in [0.2, 0.25) is 0 Å². The lowest BCUT2D eigenvalue weighted by molar-refractivity contribution is 0.269. The van der Waals surface area contributed by atoms with E-state index in [0.717, 1.165) is 11.1 Å². The van der Waals surface area contributed by atoms with Crippen LogP contribution in [0, 0.1) is 0 Å². The summed E-state index contributed by atoms with van der Waals surface area (Å²) in [5.41, 5.74) is 1.34. The topological polar surface area (TPSA) is 9.23 Å². The predicted molar refractivity (Wildman–Crippen MR) is 85.7 cm³/mol. The maximum absolute atomic E-state index is 6.27. The van der Waals surface area contributed by atoms with Crippen LogP contribution in [0.2, 0.25) is 18.1 Å². The van der Waals surface area contributed by atoms with E-state index in [1.54, 1.807) is 0 Å². The van der Waals surface area contributed by atoms with Crippen LogP contribution in [-0.4, -0.2) is 14.9 Å². The van der Waals surface area contributed by atoms with Gasteiger partial charge in [0.1, 0.15) is 0 Å². The van der Waals surface area contributed by atoms with Gasteiger partial charge in [0.15, 0.2) is 8.32 Å². The summed E-state index contributed by atoms with van der Waals surface area (Å²) in [7, 11) is -1.63. The molecule has 0 radical (unpaired) electrons. The smallest absolute Gasteiger partial charge is 0.192 e. The van der Waals surface area contributed by atoms with Crippen LogP contribution in [0.1, 0.15) is 39.2 Å². The van der Waals surface area contributed by atoms with E-state index < -0.39 is 8.32 Å².